The zero-order valence-corrected chi connectivity index (χ0v) is 17.2. The third-order valence-corrected chi connectivity index (χ3v) is 7.23. The van der Waals surface area contributed by atoms with Crippen LogP contribution in [0.5, 0.6) is 0 Å². The summed E-state index contributed by atoms with van der Waals surface area (Å²) in [5.41, 5.74) is 0. The van der Waals surface area contributed by atoms with Crippen molar-refractivity contribution in [3.63, 3.8) is 0 Å². The Morgan fingerprint density at radius 1 is 1.18 bits per heavy atom. The van der Waals surface area contributed by atoms with E-state index in [4.69, 9.17) is 4.74 Å². The highest BCUT2D eigenvalue weighted by Gasteiger charge is 2.34. The number of amides is 1. The Morgan fingerprint density at radius 2 is 1.86 bits per heavy atom. The lowest BCUT2D eigenvalue weighted by Gasteiger charge is -2.34. The van der Waals surface area contributed by atoms with Crippen LogP contribution in [0.4, 0.5) is 0 Å². The highest BCUT2D eigenvalue weighted by molar-refractivity contribution is 7.89. The zero-order valence-electron chi connectivity index (χ0n) is 16.3. The van der Waals surface area contributed by atoms with Crippen LogP contribution in [0, 0.1) is 0 Å². The van der Waals surface area contributed by atoms with E-state index in [1.165, 1.54) is 4.31 Å². The Balaban J connectivity index is 1.63. The molecule has 1 heterocycles. The van der Waals surface area contributed by atoms with Gasteiger partial charge in [-0.3, -0.25) is 4.79 Å². The lowest BCUT2D eigenvalue weighted by atomic mass is 10.1. The van der Waals surface area contributed by atoms with Gasteiger partial charge in [0.15, 0.2) is 6.04 Å². The number of benzene rings is 2. The Morgan fingerprint density at radius 3 is 2.54 bits per heavy atom. The number of rotatable bonds is 7. The highest BCUT2D eigenvalue weighted by atomic mass is 32.2. The minimum absolute atomic E-state index is 0.0297. The number of hydrogen-bond donors (Lipinski definition) is 2. The maximum atomic E-state index is 13.0. The zero-order chi connectivity index (χ0) is 20.1. The SMILES string of the molecule is COCCNC(=O)[C@@H](C)[NH+]1CCN(S(=O)(=O)c2ccc3ccccc3c2)CC1. The van der Waals surface area contributed by atoms with Crippen LogP contribution in [0.3, 0.4) is 0 Å². The third-order valence-electron chi connectivity index (χ3n) is 5.33. The monoisotopic (exact) mass is 406 g/mol. The number of nitrogens with one attached hydrogen (secondary N) is 2. The fourth-order valence-corrected chi connectivity index (χ4v) is 5.02. The smallest absolute Gasteiger partial charge is 0.278 e. The van der Waals surface area contributed by atoms with Crippen LogP contribution in [0.15, 0.2) is 47.4 Å². The van der Waals surface area contributed by atoms with Crippen molar-refractivity contribution in [2.45, 2.75) is 17.9 Å². The molecule has 1 atom stereocenters. The van der Waals surface area contributed by atoms with Crippen molar-refractivity contribution in [3.8, 4) is 0 Å². The molecule has 2 N–H and O–H groups in total. The molecule has 0 unspecified atom stereocenters. The van der Waals surface area contributed by atoms with Gasteiger partial charge >= 0.3 is 0 Å². The number of ether oxygens (including phenoxy) is 1. The minimum atomic E-state index is -3.54. The molecule has 0 aromatic heterocycles. The summed E-state index contributed by atoms with van der Waals surface area (Å²) in [6.45, 7) is 4.85. The van der Waals surface area contributed by atoms with Crippen LogP contribution in [0.25, 0.3) is 10.8 Å². The van der Waals surface area contributed by atoms with E-state index in [9.17, 15) is 13.2 Å². The maximum Gasteiger partial charge on any atom is 0.278 e. The first-order valence-corrected chi connectivity index (χ1v) is 11.0. The predicted octanol–water partition coefficient (Wildman–Crippen LogP) is -0.120. The summed E-state index contributed by atoms with van der Waals surface area (Å²) in [7, 11) is -1.94. The Kier molecular flexibility index (Phi) is 6.66. The number of methoxy groups -OCH3 is 1. The molecule has 1 amide bonds. The number of quaternary nitrogens is 1. The van der Waals surface area contributed by atoms with E-state index in [1.807, 2.05) is 37.3 Å². The maximum absolute atomic E-state index is 13.0. The van der Waals surface area contributed by atoms with E-state index in [2.05, 4.69) is 5.32 Å². The molecule has 1 saturated heterocycles. The first kappa shape index (κ1) is 20.7. The molecule has 152 valence electrons. The second-order valence-corrected chi connectivity index (χ2v) is 9.01. The van der Waals surface area contributed by atoms with Crippen molar-refractivity contribution >= 4 is 26.7 Å². The fraction of sp³-hybridized carbons (Fsp3) is 0.450. The molecule has 3 rings (SSSR count). The van der Waals surface area contributed by atoms with Gasteiger partial charge < -0.3 is 15.0 Å². The molecule has 2 aromatic rings. The van der Waals surface area contributed by atoms with Crippen molar-refractivity contribution in [3.05, 3.63) is 42.5 Å². The summed E-state index contributed by atoms with van der Waals surface area (Å²) in [5.74, 6) is -0.0297. The van der Waals surface area contributed by atoms with E-state index in [-0.39, 0.29) is 11.9 Å². The van der Waals surface area contributed by atoms with E-state index in [0.717, 1.165) is 15.7 Å². The molecule has 1 fully saturated rings. The molecule has 1 aliphatic rings. The molecular formula is C20H28N3O4S+. The first-order chi connectivity index (χ1) is 13.4. The molecule has 8 heteroatoms. The molecule has 0 spiro atoms. The minimum Gasteiger partial charge on any atom is -0.383 e. The second-order valence-electron chi connectivity index (χ2n) is 7.08. The van der Waals surface area contributed by atoms with Gasteiger partial charge in [0.2, 0.25) is 10.0 Å². The van der Waals surface area contributed by atoms with E-state index >= 15 is 0 Å². The number of carbonyl (C=O) groups excluding carboxylic acids is 1. The summed E-state index contributed by atoms with van der Waals surface area (Å²) in [4.78, 5) is 13.6. The summed E-state index contributed by atoms with van der Waals surface area (Å²) in [6, 6.07) is 12.7. The van der Waals surface area contributed by atoms with Gasteiger partial charge in [-0.15, -0.1) is 0 Å². The molecule has 0 bridgehead atoms. The van der Waals surface area contributed by atoms with Crippen molar-refractivity contribution in [1.29, 1.82) is 0 Å². The Bertz CT molecular complexity index is 924. The van der Waals surface area contributed by atoms with Crippen LogP contribution < -0.4 is 10.2 Å². The van der Waals surface area contributed by atoms with Crippen LogP contribution in [0.1, 0.15) is 6.92 Å². The molecule has 0 radical (unpaired) electrons. The molecule has 7 nitrogen and oxygen atoms in total. The number of fused-ring (bicyclic) bond motifs is 1. The van der Waals surface area contributed by atoms with Gasteiger partial charge in [-0.05, 0) is 29.8 Å². The van der Waals surface area contributed by atoms with E-state index in [1.54, 1.807) is 19.2 Å². The van der Waals surface area contributed by atoms with Gasteiger partial charge in [-0.1, -0.05) is 30.3 Å². The van der Waals surface area contributed by atoms with Gasteiger partial charge in [0, 0.05) is 13.7 Å². The second kappa shape index (κ2) is 9.00. The normalized spacial score (nSPS) is 17.5. The molecule has 0 aliphatic carbocycles. The number of carbonyl (C=O) groups is 1. The molecular weight excluding hydrogens is 378 g/mol. The van der Waals surface area contributed by atoms with Crippen molar-refractivity contribution in [1.82, 2.24) is 9.62 Å². The van der Waals surface area contributed by atoms with Gasteiger partial charge in [-0.25, -0.2) is 8.42 Å². The Hall–Kier alpha value is -2.00. The van der Waals surface area contributed by atoms with Crippen LogP contribution >= 0.6 is 0 Å². The average molecular weight is 407 g/mol. The summed E-state index contributed by atoms with van der Waals surface area (Å²) >= 11 is 0. The van der Waals surface area contributed by atoms with Gasteiger partial charge in [0.25, 0.3) is 5.91 Å². The van der Waals surface area contributed by atoms with Crippen molar-refractivity contribution < 1.29 is 22.8 Å². The highest BCUT2D eigenvalue weighted by Crippen LogP contribution is 2.21. The first-order valence-electron chi connectivity index (χ1n) is 9.53. The van der Waals surface area contributed by atoms with Crippen LogP contribution in [0.2, 0.25) is 0 Å². The lowest BCUT2D eigenvalue weighted by molar-refractivity contribution is -0.917. The molecule has 0 saturated carbocycles. The van der Waals surface area contributed by atoms with Gasteiger partial charge in [0.05, 0.1) is 37.7 Å². The molecule has 28 heavy (non-hydrogen) atoms. The van der Waals surface area contributed by atoms with Gasteiger partial charge in [0.1, 0.15) is 0 Å². The van der Waals surface area contributed by atoms with E-state index < -0.39 is 10.0 Å². The topological polar surface area (TPSA) is 80.2 Å². The predicted molar refractivity (Wildman–Crippen MR) is 108 cm³/mol. The van der Waals surface area contributed by atoms with E-state index in [0.29, 0.717) is 44.2 Å². The number of sulfonamides is 1. The fourth-order valence-electron chi connectivity index (χ4n) is 3.54. The standard InChI is InChI=1S/C20H27N3O4S/c1-16(20(24)21-9-14-27-2)22-10-12-23(13-11-22)28(25,26)19-8-7-17-5-3-4-6-18(17)15-19/h3-8,15-16H,9-14H2,1-2H3,(H,21,24)/p+1/t16-/m1/s1. The third kappa shape index (κ3) is 4.52. The number of hydrogen-bond acceptors (Lipinski definition) is 4. The average Bonchev–Trinajstić information content (AvgIpc) is 2.73. The summed E-state index contributed by atoms with van der Waals surface area (Å²) < 4.78 is 32.5. The van der Waals surface area contributed by atoms with Crippen molar-refractivity contribution in [2.75, 3.05) is 46.4 Å². The van der Waals surface area contributed by atoms with Crippen LogP contribution in [-0.2, 0) is 19.6 Å². The summed E-state index contributed by atoms with van der Waals surface area (Å²) in [6.07, 6.45) is 0. The largest absolute Gasteiger partial charge is 0.383 e. The Labute approximate surface area is 166 Å². The molecule has 1 aliphatic heterocycles. The van der Waals surface area contributed by atoms with Gasteiger partial charge in [-0.2, -0.15) is 4.31 Å². The quantitative estimate of drug-likeness (QED) is 0.629. The van der Waals surface area contributed by atoms with Crippen LogP contribution in [-0.4, -0.2) is 71.1 Å². The number of piperazine rings is 1. The molecule has 2 aromatic carbocycles. The lowest BCUT2D eigenvalue weighted by Crippen LogP contribution is -3.19. The number of nitrogens with zero attached hydrogens (tertiary/aromatic N) is 1. The summed E-state index contributed by atoms with van der Waals surface area (Å²) in [5, 5.41) is 4.78. The van der Waals surface area contributed by atoms with Crippen molar-refractivity contribution in [2.24, 2.45) is 0 Å².